The molecule has 2 aromatic carbocycles. The lowest BCUT2D eigenvalue weighted by molar-refractivity contribution is 0.0697. The molecule has 0 heterocycles. The van der Waals surface area contributed by atoms with Gasteiger partial charge in [0, 0.05) is 6.20 Å². The number of hydrogen-bond donors (Lipinski definition) is 2. The molecule has 0 aliphatic carbocycles. The molecule has 0 aromatic heterocycles. The number of hydrogen-bond acceptors (Lipinski definition) is 3. The number of rotatable bonds is 7. The molecule has 0 radical (unpaired) electrons. The van der Waals surface area contributed by atoms with Crippen LogP contribution in [0.2, 0.25) is 0 Å². The largest absolute Gasteiger partial charge is 0.478 e. The molecule has 0 aliphatic rings. The van der Waals surface area contributed by atoms with Crippen LogP contribution in [0.1, 0.15) is 21.5 Å². The Morgan fingerprint density at radius 3 is 2.30 bits per heavy atom. The van der Waals surface area contributed by atoms with Gasteiger partial charge in [-0.3, -0.25) is 4.72 Å². The van der Waals surface area contributed by atoms with E-state index in [1.807, 2.05) is 30.3 Å². The Bertz CT molecular complexity index is 781. The molecule has 5 nitrogen and oxygen atoms in total. The van der Waals surface area contributed by atoms with Crippen LogP contribution in [-0.2, 0) is 16.4 Å². The zero-order valence-electron chi connectivity index (χ0n) is 12.3. The number of benzene rings is 2. The molecule has 23 heavy (non-hydrogen) atoms. The van der Waals surface area contributed by atoms with Gasteiger partial charge < -0.3 is 5.11 Å². The van der Waals surface area contributed by atoms with Gasteiger partial charge in [-0.25, -0.2) is 13.2 Å². The summed E-state index contributed by atoms with van der Waals surface area (Å²) in [5.74, 6) is -0.999. The Hall–Kier alpha value is -2.60. The van der Waals surface area contributed by atoms with Crippen LogP contribution in [-0.4, -0.2) is 25.2 Å². The van der Waals surface area contributed by atoms with Gasteiger partial charge in [0.1, 0.15) is 0 Å². The number of carbonyl (C=O) groups is 1. The summed E-state index contributed by atoms with van der Waals surface area (Å²) in [6, 6.07) is 15.5. The van der Waals surface area contributed by atoms with E-state index in [1.54, 1.807) is 18.2 Å². The standard InChI is InChI=1S/C17H17NO4S/c19-17(20)16-8-6-15(7-9-16)10-12-18-23(21,22)13-11-14-4-2-1-3-5-14/h1-10,12,18H,11,13H2,(H,19,20). The van der Waals surface area contributed by atoms with E-state index in [9.17, 15) is 13.2 Å². The van der Waals surface area contributed by atoms with E-state index in [0.717, 1.165) is 5.56 Å². The molecule has 6 heteroatoms. The van der Waals surface area contributed by atoms with Crippen molar-refractivity contribution in [3.05, 3.63) is 77.5 Å². The smallest absolute Gasteiger partial charge is 0.335 e. The fourth-order valence-electron chi connectivity index (χ4n) is 1.93. The maximum Gasteiger partial charge on any atom is 0.335 e. The third-order valence-corrected chi connectivity index (χ3v) is 4.42. The van der Waals surface area contributed by atoms with Gasteiger partial charge >= 0.3 is 5.97 Å². The molecule has 0 fully saturated rings. The normalized spacial score (nSPS) is 11.5. The van der Waals surface area contributed by atoms with Crippen molar-refractivity contribution in [3.8, 4) is 0 Å². The molecular weight excluding hydrogens is 314 g/mol. The highest BCUT2D eigenvalue weighted by Gasteiger charge is 2.07. The zero-order valence-corrected chi connectivity index (χ0v) is 13.2. The second kappa shape index (κ2) is 7.60. The number of carboxylic acids is 1. The lowest BCUT2D eigenvalue weighted by Crippen LogP contribution is -2.22. The first-order chi connectivity index (χ1) is 11.0. The van der Waals surface area contributed by atoms with E-state index in [-0.39, 0.29) is 11.3 Å². The summed E-state index contributed by atoms with van der Waals surface area (Å²) in [7, 11) is -3.40. The van der Waals surface area contributed by atoms with Crippen LogP contribution in [0.4, 0.5) is 0 Å². The molecule has 0 spiro atoms. The van der Waals surface area contributed by atoms with Crippen molar-refractivity contribution in [3.63, 3.8) is 0 Å². The van der Waals surface area contributed by atoms with Gasteiger partial charge in [-0.15, -0.1) is 0 Å². The number of aromatic carboxylic acids is 1. The Morgan fingerprint density at radius 2 is 1.70 bits per heavy atom. The minimum Gasteiger partial charge on any atom is -0.478 e. The van der Waals surface area contributed by atoms with Crippen LogP contribution in [0, 0.1) is 0 Å². The third kappa shape index (κ3) is 5.60. The van der Waals surface area contributed by atoms with Gasteiger partial charge in [0.25, 0.3) is 0 Å². The highest BCUT2D eigenvalue weighted by atomic mass is 32.2. The Kier molecular flexibility index (Phi) is 5.54. The second-order valence-electron chi connectivity index (χ2n) is 4.93. The summed E-state index contributed by atoms with van der Waals surface area (Å²) >= 11 is 0. The Balaban J connectivity index is 1.89. The van der Waals surface area contributed by atoms with Crippen molar-refractivity contribution in [2.45, 2.75) is 6.42 Å². The number of aryl methyl sites for hydroxylation is 1. The number of sulfonamides is 1. The number of carboxylic acid groups (broad SMARTS) is 1. The Labute approximate surface area is 135 Å². The van der Waals surface area contributed by atoms with Crippen LogP contribution >= 0.6 is 0 Å². The zero-order chi connectivity index (χ0) is 16.7. The molecule has 0 saturated carbocycles. The maximum absolute atomic E-state index is 11.9. The maximum atomic E-state index is 11.9. The van der Waals surface area contributed by atoms with Gasteiger partial charge in [0.15, 0.2) is 0 Å². The fraction of sp³-hybridized carbons (Fsp3) is 0.118. The lowest BCUT2D eigenvalue weighted by atomic mass is 10.1. The highest BCUT2D eigenvalue weighted by Crippen LogP contribution is 2.06. The molecule has 120 valence electrons. The molecule has 2 N–H and O–H groups in total. The first-order valence-electron chi connectivity index (χ1n) is 7.00. The van der Waals surface area contributed by atoms with E-state index < -0.39 is 16.0 Å². The van der Waals surface area contributed by atoms with Crippen molar-refractivity contribution in [1.29, 1.82) is 0 Å². The van der Waals surface area contributed by atoms with Crippen LogP contribution < -0.4 is 4.72 Å². The Morgan fingerprint density at radius 1 is 1.04 bits per heavy atom. The first kappa shape index (κ1) is 16.8. The van der Waals surface area contributed by atoms with E-state index in [4.69, 9.17) is 5.11 Å². The summed E-state index contributed by atoms with van der Waals surface area (Å²) in [4.78, 5) is 10.7. The van der Waals surface area contributed by atoms with Crippen molar-refractivity contribution in [2.24, 2.45) is 0 Å². The average molecular weight is 331 g/mol. The number of nitrogens with one attached hydrogen (secondary N) is 1. The molecule has 0 aliphatic heterocycles. The molecule has 2 aromatic rings. The summed E-state index contributed by atoms with van der Waals surface area (Å²) < 4.78 is 26.2. The molecule has 0 unspecified atom stereocenters. The van der Waals surface area contributed by atoms with E-state index in [1.165, 1.54) is 18.3 Å². The van der Waals surface area contributed by atoms with Crippen molar-refractivity contribution >= 4 is 22.1 Å². The fourth-order valence-corrected chi connectivity index (χ4v) is 2.82. The summed E-state index contributed by atoms with van der Waals surface area (Å²) in [5.41, 5.74) is 1.86. The van der Waals surface area contributed by atoms with E-state index in [2.05, 4.69) is 4.72 Å². The van der Waals surface area contributed by atoms with Crippen molar-refractivity contribution in [1.82, 2.24) is 4.72 Å². The van der Waals surface area contributed by atoms with Crippen molar-refractivity contribution in [2.75, 3.05) is 5.75 Å². The van der Waals surface area contributed by atoms with E-state index in [0.29, 0.717) is 12.0 Å². The molecule has 2 rings (SSSR count). The molecular formula is C17H17NO4S. The SMILES string of the molecule is O=C(O)c1ccc(C=CNS(=O)(=O)CCc2ccccc2)cc1. The summed E-state index contributed by atoms with van der Waals surface area (Å²) in [6.45, 7) is 0. The van der Waals surface area contributed by atoms with Gasteiger partial charge in [-0.05, 0) is 35.8 Å². The summed E-state index contributed by atoms with van der Waals surface area (Å²) in [6.07, 6.45) is 3.36. The van der Waals surface area contributed by atoms with Crippen LogP contribution in [0.5, 0.6) is 0 Å². The van der Waals surface area contributed by atoms with Crippen molar-refractivity contribution < 1.29 is 18.3 Å². The third-order valence-electron chi connectivity index (χ3n) is 3.18. The highest BCUT2D eigenvalue weighted by molar-refractivity contribution is 7.89. The molecule has 0 atom stereocenters. The minimum absolute atomic E-state index is 0.000689. The monoisotopic (exact) mass is 331 g/mol. The predicted octanol–water partition coefficient (Wildman–Crippen LogP) is 2.52. The van der Waals surface area contributed by atoms with Gasteiger partial charge in [0.2, 0.25) is 10.0 Å². The first-order valence-corrected chi connectivity index (χ1v) is 8.65. The lowest BCUT2D eigenvalue weighted by Gasteiger charge is -2.04. The molecule has 0 bridgehead atoms. The van der Waals surface area contributed by atoms with Crippen LogP contribution in [0.25, 0.3) is 6.08 Å². The topological polar surface area (TPSA) is 83.5 Å². The second-order valence-corrected chi connectivity index (χ2v) is 6.81. The molecule has 0 amide bonds. The summed E-state index contributed by atoms with van der Waals surface area (Å²) in [5, 5.41) is 8.80. The predicted molar refractivity (Wildman–Crippen MR) is 89.5 cm³/mol. The van der Waals surface area contributed by atoms with Crippen LogP contribution in [0.15, 0.2) is 60.8 Å². The average Bonchev–Trinajstić information content (AvgIpc) is 2.54. The van der Waals surface area contributed by atoms with Gasteiger partial charge in [-0.1, -0.05) is 42.5 Å². The van der Waals surface area contributed by atoms with Crippen LogP contribution in [0.3, 0.4) is 0 Å². The van der Waals surface area contributed by atoms with Gasteiger partial charge in [-0.2, -0.15) is 0 Å². The quantitative estimate of drug-likeness (QED) is 0.816. The minimum atomic E-state index is -3.40. The van der Waals surface area contributed by atoms with Gasteiger partial charge in [0.05, 0.1) is 11.3 Å². The van der Waals surface area contributed by atoms with E-state index >= 15 is 0 Å². The molecule has 0 saturated heterocycles.